The summed E-state index contributed by atoms with van der Waals surface area (Å²) in [4.78, 5) is 26.4. The number of imide groups is 1. The number of nitrogens with one attached hydrogen (secondary N) is 2. The predicted octanol–water partition coefficient (Wildman–Crippen LogP) is 0.155. The molecular weight excluding hydrogens is 422 g/mol. The lowest BCUT2D eigenvalue weighted by molar-refractivity contribution is -0.126. The lowest BCUT2D eigenvalue weighted by Crippen LogP contribution is -2.58. The molecule has 11 heteroatoms. The van der Waals surface area contributed by atoms with Crippen LogP contribution in [-0.4, -0.2) is 92.4 Å². The van der Waals surface area contributed by atoms with Gasteiger partial charge in [-0.05, 0) is 19.4 Å². The van der Waals surface area contributed by atoms with E-state index in [0.29, 0.717) is 26.2 Å². The van der Waals surface area contributed by atoms with Gasteiger partial charge in [0.05, 0.1) is 12.2 Å². The predicted molar refractivity (Wildman–Crippen MR) is 115 cm³/mol. The highest BCUT2D eigenvalue weighted by Gasteiger charge is 2.39. The van der Waals surface area contributed by atoms with Gasteiger partial charge < -0.3 is 10.1 Å². The van der Waals surface area contributed by atoms with Crippen LogP contribution in [0.25, 0.3) is 0 Å². The quantitative estimate of drug-likeness (QED) is 0.657. The van der Waals surface area contributed by atoms with Gasteiger partial charge >= 0.3 is 6.03 Å². The van der Waals surface area contributed by atoms with Crippen LogP contribution in [0.4, 0.5) is 4.79 Å². The molecule has 3 amide bonds. The summed E-state index contributed by atoms with van der Waals surface area (Å²) in [6, 6.07) is 7.90. The van der Waals surface area contributed by atoms with Gasteiger partial charge in [0, 0.05) is 46.3 Å². The maximum Gasteiger partial charge on any atom is 0.321 e. The number of amides is 3. The average molecular weight is 454 g/mol. The van der Waals surface area contributed by atoms with E-state index in [-0.39, 0.29) is 25.3 Å². The number of nitrogens with zero attached hydrogens (tertiary/aromatic N) is 3. The number of urea groups is 1. The molecule has 3 atom stereocenters. The number of benzene rings is 1. The van der Waals surface area contributed by atoms with E-state index >= 15 is 0 Å². The van der Waals surface area contributed by atoms with Gasteiger partial charge in [-0.3, -0.25) is 15.0 Å². The molecule has 2 heterocycles. The third-order valence-electron chi connectivity index (χ3n) is 5.50. The summed E-state index contributed by atoms with van der Waals surface area (Å²) in [5, 5.41) is 4.73. The summed E-state index contributed by atoms with van der Waals surface area (Å²) in [6.07, 6.45) is -0.314. The minimum Gasteiger partial charge on any atom is -0.373 e. The number of rotatable bonds is 5. The van der Waals surface area contributed by atoms with Crippen molar-refractivity contribution in [2.45, 2.75) is 32.1 Å². The molecule has 2 aliphatic heterocycles. The van der Waals surface area contributed by atoms with Crippen molar-refractivity contribution in [2.24, 2.45) is 0 Å². The zero-order valence-electron chi connectivity index (χ0n) is 18.2. The van der Waals surface area contributed by atoms with E-state index in [4.69, 9.17) is 4.74 Å². The second kappa shape index (κ2) is 10.0. The summed E-state index contributed by atoms with van der Waals surface area (Å²) in [7, 11) is -2.17. The molecule has 2 aliphatic rings. The fraction of sp³-hybridized carbons (Fsp3) is 0.600. The maximum atomic E-state index is 13.1. The van der Waals surface area contributed by atoms with Gasteiger partial charge in [-0.2, -0.15) is 17.0 Å². The van der Waals surface area contributed by atoms with Crippen LogP contribution < -0.4 is 10.6 Å². The minimum absolute atomic E-state index is 0.157. The molecule has 10 nitrogen and oxygen atoms in total. The summed E-state index contributed by atoms with van der Waals surface area (Å²) >= 11 is 0. The summed E-state index contributed by atoms with van der Waals surface area (Å²) in [6.45, 7) is 5.66. The van der Waals surface area contributed by atoms with Crippen molar-refractivity contribution in [3.05, 3.63) is 35.9 Å². The number of hydrogen-bond acceptors (Lipinski definition) is 6. The Morgan fingerprint density at radius 3 is 2.13 bits per heavy atom. The molecular formula is C20H31N5O5S. The Labute approximate surface area is 183 Å². The molecule has 2 N–H and O–H groups in total. The number of ether oxygens (including phenoxy) is 1. The molecule has 0 aromatic heterocycles. The van der Waals surface area contributed by atoms with Crippen LogP contribution in [-0.2, 0) is 19.7 Å². The third-order valence-corrected chi connectivity index (χ3v) is 7.47. The van der Waals surface area contributed by atoms with E-state index in [1.54, 1.807) is 0 Å². The lowest BCUT2D eigenvalue weighted by atomic mass is 10.0. The van der Waals surface area contributed by atoms with Crippen molar-refractivity contribution in [1.82, 2.24) is 24.1 Å². The van der Waals surface area contributed by atoms with Crippen LogP contribution in [0.1, 0.15) is 25.5 Å². The van der Waals surface area contributed by atoms with Crippen molar-refractivity contribution in [1.29, 1.82) is 0 Å². The van der Waals surface area contributed by atoms with Gasteiger partial charge in [0.15, 0.2) is 0 Å². The number of morpholine rings is 1. The Kier molecular flexibility index (Phi) is 7.65. The molecule has 1 aromatic rings. The topological polar surface area (TPSA) is 111 Å². The average Bonchev–Trinajstić information content (AvgIpc) is 2.74. The van der Waals surface area contributed by atoms with Crippen LogP contribution in [0, 0.1) is 0 Å². The first-order valence-electron chi connectivity index (χ1n) is 10.4. The minimum atomic E-state index is -3.61. The van der Waals surface area contributed by atoms with Crippen molar-refractivity contribution < 1.29 is 22.7 Å². The summed E-state index contributed by atoms with van der Waals surface area (Å²) in [5.74, 6) is -0.447. The number of piperazine rings is 1. The highest BCUT2D eigenvalue weighted by Crippen LogP contribution is 2.25. The Bertz CT molecular complexity index is 863. The van der Waals surface area contributed by atoms with Gasteiger partial charge in [-0.1, -0.05) is 30.3 Å². The zero-order valence-corrected chi connectivity index (χ0v) is 19.0. The van der Waals surface area contributed by atoms with E-state index in [1.807, 2.05) is 49.1 Å². The van der Waals surface area contributed by atoms with Gasteiger partial charge in [0.1, 0.15) is 6.04 Å². The molecule has 2 saturated heterocycles. The SMILES string of the molecule is CNC(=O)NC(=O)C(c1ccccc1)N1CCN(S(=O)(=O)N2CC(C)OC(C)C2)CC1. The second-order valence-electron chi connectivity index (χ2n) is 7.90. The van der Waals surface area contributed by atoms with Crippen LogP contribution >= 0.6 is 0 Å². The molecule has 3 unspecified atom stereocenters. The van der Waals surface area contributed by atoms with Crippen LogP contribution in [0.5, 0.6) is 0 Å². The normalized spacial score (nSPS) is 25.0. The zero-order chi connectivity index (χ0) is 22.6. The van der Waals surface area contributed by atoms with Crippen LogP contribution in [0.15, 0.2) is 30.3 Å². The monoisotopic (exact) mass is 453 g/mol. The molecule has 0 bridgehead atoms. The molecule has 2 fully saturated rings. The second-order valence-corrected chi connectivity index (χ2v) is 9.83. The van der Waals surface area contributed by atoms with Gasteiger partial charge in [0.25, 0.3) is 10.2 Å². The molecule has 0 radical (unpaired) electrons. The Hall–Kier alpha value is -2.05. The first-order valence-corrected chi connectivity index (χ1v) is 11.8. The van der Waals surface area contributed by atoms with Gasteiger partial charge in [-0.25, -0.2) is 4.79 Å². The van der Waals surface area contributed by atoms with E-state index in [0.717, 1.165) is 5.56 Å². The van der Waals surface area contributed by atoms with Crippen molar-refractivity contribution in [3.63, 3.8) is 0 Å². The summed E-state index contributed by atoms with van der Waals surface area (Å²) < 4.78 is 34.9. The van der Waals surface area contributed by atoms with E-state index in [2.05, 4.69) is 10.6 Å². The first kappa shape index (κ1) is 23.6. The van der Waals surface area contributed by atoms with Crippen molar-refractivity contribution in [2.75, 3.05) is 46.3 Å². The molecule has 31 heavy (non-hydrogen) atoms. The fourth-order valence-electron chi connectivity index (χ4n) is 4.08. The first-order chi connectivity index (χ1) is 14.7. The molecule has 172 valence electrons. The highest BCUT2D eigenvalue weighted by atomic mass is 32.2. The Morgan fingerprint density at radius 2 is 1.58 bits per heavy atom. The number of carbonyl (C=O) groups excluding carboxylic acids is 2. The highest BCUT2D eigenvalue weighted by molar-refractivity contribution is 7.86. The molecule has 1 aromatic carbocycles. The van der Waals surface area contributed by atoms with Crippen LogP contribution in [0.3, 0.4) is 0 Å². The standard InChI is InChI=1S/C20H31N5O5S/c1-15-13-25(14-16(2)30-15)31(28,29)24-11-9-23(10-12-24)18(17-7-5-4-6-8-17)19(26)22-20(27)21-3/h4-8,15-16,18H,9-14H2,1-3H3,(H2,21,22,26,27). The van der Waals surface area contributed by atoms with E-state index in [9.17, 15) is 18.0 Å². The lowest BCUT2D eigenvalue weighted by Gasteiger charge is -2.41. The van der Waals surface area contributed by atoms with E-state index in [1.165, 1.54) is 15.7 Å². The molecule has 0 saturated carbocycles. The van der Waals surface area contributed by atoms with Crippen molar-refractivity contribution >= 4 is 22.1 Å². The summed E-state index contributed by atoms with van der Waals surface area (Å²) in [5.41, 5.74) is 0.746. The third kappa shape index (κ3) is 5.60. The number of carbonyl (C=O) groups is 2. The smallest absolute Gasteiger partial charge is 0.321 e. The number of hydrogen-bond donors (Lipinski definition) is 2. The molecule has 0 aliphatic carbocycles. The van der Waals surface area contributed by atoms with Crippen LogP contribution in [0.2, 0.25) is 0 Å². The Morgan fingerprint density at radius 1 is 1.00 bits per heavy atom. The largest absolute Gasteiger partial charge is 0.373 e. The van der Waals surface area contributed by atoms with Crippen molar-refractivity contribution in [3.8, 4) is 0 Å². The molecule has 3 rings (SSSR count). The van der Waals surface area contributed by atoms with Gasteiger partial charge in [0.2, 0.25) is 5.91 Å². The van der Waals surface area contributed by atoms with E-state index < -0.39 is 28.2 Å². The fourth-order valence-corrected chi connectivity index (χ4v) is 5.83. The van der Waals surface area contributed by atoms with Gasteiger partial charge in [-0.15, -0.1) is 0 Å². The Balaban J connectivity index is 1.72. The maximum absolute atomic E-state index is 13.1. The molecule has 0 spiro atoms.